The van der Waals surface area contributed by atoms with Crippen LogP contribution in [-0.2, 0) is 0 Å². The zero-order valence-electron chi connectivity index (χ0n) is 15.9. The van der Waals surface area contributed by atoms with Gasteiger partial charge in [0.1, 0.15) is 17.3 Å². The summed E-state index contributed by atoms with van der Waals surface area (Å²) in [5.74, 6) is -1.01. The van der Waals surface area contributed by atoms with Crippen molar-refractivity contribution in [3.8, 4) is 11.5 Å². The molecule has 0 fully saturated rings. The molecular weight excluding hydrogens is 375 g/mol. The molecule has 3 aromatic rings. The van der Waals surface area contributed by atoms with Crippen LogP contribution in [-0.4, -0.2) is 26.0 Å². The van der Waals surface area contributed by atoms with Crippen LogP contribution >= 0.6 is 0 Å². The normalized spacial score (nSPS) is 10.2. The summed E-state index contributed by atoms with van der Waals surface area (Å²) in [5, 5.41) is 5.37. The van der Waals surface area contributed by atoms with Crippen molar-refractivity contribution in [2.45, 2.75) is 0 Å². The van der Waals surface area contributed by atoms with E-state index in [0.29, 0.717) is 17.0 Å². The molecule has 3 aromatic carbocycles. The lowest BCUT2D eigenvalue weighted by Gasteiger charge is -2.16. The summed E-state index contributed by atoms with van der Waals surface area (Å²) in [7, 11) is 2.85. The van der Waals surface area contributed by atoms with Crippen molar-refractivity contribution in [2.75, 3.05) is 24.9 Å². The molecular formula is C22H19FN2O4. The minimum Gasteiger partial charge on any atom is -0.494 e. The van der Waals surface area contributed by atoms with Gasteiger partial charge in [-0.3, -0.25) is 9.59 Å². The molecule has 7 heteroatoms. The molecule has 3 rings (SSSR count). The van der Waals surface area contributed by atoms with E-state index in [2.05, 4.69) is 10.6 Å². The highest BCUT2D eigenvalue weighted by Crippen LogP contribution is 2.37. The first-order valence-electron chi connectivity index (χ1n) is 8.71. The predicted octanol–water partition coefficient (Wildman–Crippen LogP) is 4.35. The van der Waals surface area contributed by atoms with Gasteiger partial charge >= 0.3 is 0 Å². The van der Waals surface area contributed by atoms with E-state index < -0.39 is 11.7 Å². The van der Waals surface area contributed by atoms with Crippen LogP contribution in [0.4, 0.5) is 15.8 Å². The Morgan fingerprint density at radius 2 is 1.28 bits per heavy atom. The van der Waals surface area contributed by atoms with Crippen LogP contribution in [0.15, 0.2) is 66.7 Å². The molecule has 0 saturated heterocycles. The third-order valence-electron chi connectivity index (χ3n) is 4.17. The third-order valence-corrected chi connectivity index (χ3v) is 4.17. The van der Waals surface area contributed by atoms with E-state index in [1.165, 1.54) is 44.6 Å². The van der Waals surface area contributed by atoms with Crippen LogP contribution in [0.25, 0.3) is 0 Å². The summed E-state index contributed by atoms with van der Waals surface area (Å²) in [6.07, 6.45) is 0. The number of amides is 2. The lowest BCUT2D eigenvalue weighted by atomic mass is 10.1. The van der Waals surface area contributed by atoms with Gasteiger partial charge in [-0.25, -0.2) is 4.39 Å². The first-order valence-corrected chi connectivity index (χ1v) is 8.71. The van der Waals surface area contributed by atoms with E-state index in [1.807, 2.05) is 6.07 Å². The summed E-state index contributed by atoms with van der Waals surface area (Å²) in [5.41, 5.74) is 1.01. The maximum atomic E-state index is 13.9. The molecule has 0 aliphatic rings. The Morgan fingerprint density at radius 1 is 0.759 bits per heavy atom. The molecule has 0 heterocycles. The maximum Gasteiger partial charge on any atom is 0.258 e. The van der Waals surface area contributed by atoms with Crippen LogP contribution in [0.3, 0.4) is 0 Å². The highest BCUT2D eigenvalue weighted by atomic mass is 19.1. The van der Waals surface area contributed by atoms with Crippen LogP contribution in [0.1, 0.15) is 20.7 Å². The monoisotopic (exact) mass is 394 g/mol. The molecule has 0 atom stereocenters. The number of hydrogen-bond acceptors (Lipinski definition) is 4. The molecule has 0 aromatic heterocycles. The number of benzene rings is 3. The van der Waals surface area contributed by atoms with Crippen molar-refractivity contribution in [3.05, 3.63) is 83.7 Å². The number of ether oxygens (including phenoxy) is 2. The van der Waals surface area contributed by atoms with Crippen molar-refractivity contribution < 1.29 is 23.5 Å². The molecule has 0 saturated carbocycles. The van der Waals surface area contributed by atoms with Crippen LogP contribution < -0.4 is 20.1 Å². The van der Waals surface area contributed by atoms with E-state index in [-0.39, 0.29) is 22.9 Å². The Labute approximate surface area is 167 Å². The van der Waals surface area contributed by atoms with Gasteiger partial charge < -0.3 is 20.1 Å². The molecule has 2 N–H and O–H groups in total. The minimum atomic E-state index is -0.636. The highest BCUT2D eigenvalue weighted by Gasteiger charge is 2.18. The van der Waals surface area contributed by atoms with E-state index in [9.17, 15) is 14.0 Å². The van der Waals surface area contributed by atoms with Crippen molar-refractivity contribution >= 4 is 23.2 Å². The fraction of sp³-hybridized carbons (Fsp3) is 0.0909. The summed E-state index contributed by atoms with van der Waals surface area (Å²) in [6.45, 7) is 0. The Morgan fingerprint density at radius 3 is 1.83 bits per heavy atom. The third kappa shape index (κ3) is 4.52. The highest BCUT2D eigenvalue weighted by molar-refractivity contribution is 6.07. The Balaban J connectivity index is 1.89. The SMILES string of the molecule is COc1cc(NC(=O)c2ccccc2F)c(OC)cc1NC(=O)c1ccccc1. The van der Waals surface area contributed by atoms with Gasteiger partial charge in [0.25, 0.3) is 11.8 Å². The number of halogens is 1. The maximum absolute atomic E-state index is 13.9. The average molecular weight is 394 g/mol. The number of rotatable bonds is 6. The predicted molar refractivity (Wildman–Crippen MR) is 108 cm³/mol. The Kier molecular flexibility index (Phi) is 6.09. The van der Waals surface area contributed by atoms with Gasteiger partial charge in [-0.2, -0.15) is 0 Å². The summed E-state index contributed by atoms with van der Waals surface area (Å²) >= 11 is 0. The number of anilines is 2. The molecule has 0 aliphatic carbocycles. The van der Waals surface area contributed by atoms with Crippen molar-refractivity contribution in [2.24, 2.45) is 0 Å². The number of nitrogens with one attached hydrogen (secondary N) is 2. The fourth-order valence-corrected chi connectivity index (χ4v) is 2.71. The zero-order valence-corrected chi connectivity index (χ0v) is 15.9. The zero-order chi connectivity index (χ0) is 20.8. The van der Waals surface area contributed by atoms with Gasteiger partial charge in [-0.15, -0.1) is 0 Å². The fourth-order valence-electron chi connectivity index (χ4n) is 2.71. The van der Waals surface area contributed by atoms with Crippen LogP contribution in [0.2, 0.25) is 0 Å². The second-order valence-corrected chi connectivity index (χ2v) is 6.01. The van der Waals surface area contributed by atoms with Gasteiger partial charge in [-0.1, -0.05) is 30.3 Å². The molecule has 148 valence electrons. The number of hydrogen-bond donors (Lipinski definition) is 2. The van der Waals surface area contributed by atoms with Gasteiger partial charge in [-0.05, 0) is 24.3 Å². The Hall–Kier alpha value is -3.87. The molecule has 0 spiro atoms. The first-order chi connectivity index (χ1) is 14.0. The second-order valence-electron chi connectivity index (χ2n) is 6.01. The molecule has 6 nitrogen and oxygen atoms in total. The topological polar surface area (TPSA) is 76.7 Å². The van der Waals surface area contributed by atoms with Crippen molar-refractivity contribution in [3.63, 3.8) is 0 Å². The van der Waals surface area contributed by atoms with Gasteiger partial charge in [0.2, 0.25) is 0 Å². The standard InChI is InChI=1S/C22H19FN2O4/c1-28-19-13-18(25-22(27)15-10-6-7-11-16(15)23)20(29-2)12-17(19)24-21(26)14-8-4-3-5-9-14/h3-13H,1-2H3,(H,24,26)(H,25,27). The summed E-state index contributed by atoms with van der Waals surface area (Å²) in [4.78, 5) is 24.9. The largest absolute Gasteiger partial charge is 0.494 e. The molecule has 0 aliphatic heterocycles. The molecule has 2 amide bonds. The van der Waals surface area contributed by atoms with Crippen molar-refractivity contribution in [1.82, 2.24) is 0 Å². The van der Waals surface area contributed by atoms with Crippen molar-refractivity contribution in [1.29, 1.82) is 0 Å². The van der Waals surface area contributed by atoms with Crippen LogP contribution in [0, 0.1) is 5.82 Å². The minimum absolute atomic E-state index is 0.102. The Bertz CT molecular complexity index is 1040. The van der Waals surface area contributed by atoms with E-state index in [0.717, 1.165) is 0 Å². The van der Waals surface area contributed by atoms with Gasteiger partial charge in [0.15, 0.2) is 0 Å². The molecule has 0 unspecified atom stereocenters. The van der Waals surface area contributed by atoms with E-state index in [4.69, 9.17) is 9.47 Å². The lowest BCUT2D eigenvalue weighted by Crippen LogP contribution is -2.16. The average Bonchev–Trinajstić information content (AvgIpc) is 2.75. The molecule has 29 heavy (non-hydrogen) atoms. The quantitative estimate of drug-likeness (QED) is 0.652. The molecule has 0 radical (unpaired) electrons. The summed E-state index contributed by atoms with van der Waals surface area (Å²) < 4.78 is 24.5. The van der Waals surface area contributed by atoms with E-state index >= 15 is 0 Å². The smallest absolute Gasteiger partial charge is 0.258 e. The molecule has 0 bridgehead atoms. The number of methoxy groups -OCH3 is 2. The van der Waals surface area contributed by atoms with Gasteiger partial charge in [0, 0.05) is 17.7 Å². The summed E-state index contributed by atoms with van der Waals surface area (Å²) in [6, 6.07) is 17.4. The number of carbonyl (C=O) groups excluding carboxylic acids is 2. The van der Waals surface area contributed by atoms with Crippen LogP contribution in [0.5, 0.6) is 11.5 Å². The van der Waals surface area contributed by atoms with Gasteiger partial charge in [0.05, 0.1) is 31.2 Å². The van der Waals surface area contributed by atoms with E-state index in [1.54, 1.807) is 30.3 Å². The first kappa shape index (κ1) is 19.9. The lowest BCUT2D eigenvalue weighted by molar-refractivity contribution is 0.101. The second kappa shape index (κ2) is 8.88. The number of carbonyl (C=O) groups is 2.